The number of unbranched alkanes of at least 4 members (excludes halogenated alkanes) is 6. The second-order valence-electron chi connectivity index (χ2n) is 6.56. The number of benzene rings is 1. The lowest BCUT2D eigenvalue weighted by Gasteiger charge is -2.13. The summed E-state index contributed by atoms with van der Waals surface area (Å²) in [5.74, 6) is -0.469. The molecule has 140 valence electrons. The SMILES string of the molecule is CCCCCCCCCOC(=O)C(C)NC(=O)CCc1ccccc1. The fourth-order valence-corrected chi connectivity index (χ4v) is 2.63. The van der Waals surface area contributed by atoms with Gasteiger partial charge in [-0.1, -0.05) is 75.8 Å². The first kappa shape index (κ1) is 21.2. The molecule has 1 aromatic rings. The maximum atomic E-state index is 11.9. The van der Waals surface area contributed by atoms with Gasteiger partial charge in [0.15, 0.2) is 0 Å². The molecule has 1 N–H and O–H groups in total. The molecule has 4 nitrogen and oxygen atoms in total. The molecule has 0 aliphatic carbocycles. The smallest absolute Gasteiger partial charge is 0.328 e. The molecule has 0 aliphatic rings. The van der Waals surface area contributed by atoms with E-state index in [1.165, 1.54) is 32.1 Å². The van der Waals surface area contributed by atoms with Crippen LogP contribution >= 0.6 is 0 Å². The topological polar surface area (TPSA) is 55.4 Å². The van der Waals surface area contributed by atoms with Gasteiger partial charge in [-0.2, -0.15) is 0 Å². The van der Waals surface area contributed by atoms with Crippen LogP contribution in [0, 0.1) is 0 Å². The van der Waals surface area contributed by atoms with E-state index in [2.05, 4.69) is 12.2 Å². The third-order valence-electron chi connectivity index (χ3n) is 4.21. The Balaban J connectivity index is 2.07. The number of rotatable bonds is 13. The van der Waals surface area contributed by atoms with Crippen molar-refractivity contribution in [2.75, 3.05) is 6.61 Å². The highest BCUT2D eigenvalue weighted by atomic mass is 16.5. The molecule has 0 fully saturated rings. The summed E-state index contributed by atoms with van der Waals surface area (Å²) in [6.45, 7) is 4.32. The van der Waals surface area contributed by atoms with Crippen molar-refractivity contribution in [1.29, 1.82) is 0 Å². The molecule has 0 radical (unpaired) electrons. The van der Waals surface area contributed by atoms with E-state index < -0.39 is 6.04 Å². The average molecular weight is 347 g/mol. The van der Waals surface area contributed by atoms with E-state index in [1.807, 2.05) is 30.3 Å². The van der Waals surface area contributed by atoms with Gasteiger partial charge in [-0.05, 0) is 25.3 Å². The maximum absolute atomic E-state index is 11.9. The summed E-state index contributed by atoms with van der Waals surface area (Å²) in [7, 11) is 0. The third-order valence-corrected chi connectivity index (χ3v) is 4.21. The summed E-state index contributed by atoms with van der Waals surface area (Å²) in [6, 6.07) is 9.26. The molecule has 4 heteroatoms. The molecule has 1 aromatic carbocycles. The quantitative estimate of drug-likeness (QED) is 0.424. The highest BCUT2D eigenvalue weighted by Crippen LogP contribution is 2.07. The summed E-state index contributed by atoms with van der Waals surface area (Å²) >= 11 is 0. The van der Waals surface area contributed by atoms with Gasteiger partial charge in [-0.25, -0.2) is 4.79 Å². The number of hydrogen-bond acceptors (Lipinski definition) is 3. The van der Waals surface area contributed by atoms with E-state index in [1.54, 1.807) is 6.92 Å². The number of esters is 1. The molecule has 0 saturated carbocycles. The monoisotopic (exact) mass is 347 g/mol. The van der Waals surface area contributed by atoms with Crippen LogP contribution in [0.3, 0.4) is 0 Å². The second kappa shape index (κ2) is 13.5. The standard InChI is InChI=1S/C21H33NO3/c1-3-4-5-6-7-8-12-17-25-21(24)18(2)22-20(23)16-15-19-13-10-9-11-14-19/h9-11,13-14,18H,3-8,12,15-17H2,1-2H3,(H,22,23). The Bertz CT molecular complexity index is 487. The molecule has 0 aromatic heterocycles. The van der Waals surface area contributed by atoms with Gasteiger partial charge in [-0.3, -0.25) is 4.79 Å². The molecule has 1 unspecified atom stereocenters. The lowest BCUT2D eigenvalue weighted by Crippen LogP contribution is -2.39. The number of carbonyl (C=O) groups is 2. The molecule has 1 atom stereocenters. The second-order valence-corrected chi connectivity index (χ2v) is 6.56. The van der Waals surface area contributed by atoms with Crippen LogP contribution in [0.4, 0.5) is 0 Å². The Hall–Kier alpha value is -1.84. The van der Waals surface area contributed by atoms with Crippen LogP contribution in [-0.4, -0.2) is 24.5 Å². The molecular formula is C21H33NO3. The summed E-state index contributed by atoms with van der Waals surface area (Å²) in [5.41, 5.74) is 1.12. The molecular weight excluding hydrogens is 314 g/mol. The van der Waals surface area contributed by atoms with Gasteiger partial charge in [0.05, 0.1) is 6.61 Å². The summed E-state index contributed by atoms with van der Waals surface area (Å²) in [6.07, 6.45) is 9.34. The Labute approximate surface area is 152 Å². The summed E-state index contributed by atoms with van der Waals surface area (Å²) in [4.78, 5) is 23.8. The Kier molecular flexibility index (Phi) is 11.4. The predicted molar refractivity (Wildman–Crippen MR) is 101 cm³/mol. The van der Waals surface area contributed by atoms with E-state index in [9.17, 15) is 9.59 Å². The van der Waals surface area contributed by atoms with Crippen LogP contribution in [-0.2, 0) is 20.7 Å². The number of hydrogen-bond donors (Lipinski definition) is 1. The molecule has 25 heavy (non-hydrogen) atoms. The number of amides is 1. The number of ether oxygens (including phenoxy) is 1. The lowest BCUT2D eigenvalue weighted by atomic mass is 10.1. The van der Waals surface area contributed by atoms with Crippen molar-refractivity contribution in [2.45, 2.75) is 77.7 Å². The number of aryl methyl sites for hydroxylation is 1. The molecule has 0 saturated heterocycles. The Morgan fingerprint density at radius 3 is 2.32 bits per heavy atom. The molecule has 1 amide bonds. The predicted octanol–water partition coefficient (Wildman–Crippen LogP) is 4.42. The van der Waals surface area contributed by atoms with Crippen LogP contribution in [0.25, 0.3) is 0 Å². The Morgan fingerprint density at radius 2 is 1.64 bits per heavy atom. The van der Waals surface area contributed by atoms with Gasteiger partial charge < -0.3 is 10.1 Å². The van der Waals surface area contributed by atoms with E-state index in [0.717, 1.165) is 18.4 Å². The molecule has 0 heterocycles. The fourth-order valence-electron chi connectivity index (χ4n) is 2.63. The minimum atomic E-state index is -0.590. The lowest BCUT2D eigenvalue weighted by molar-refractivity contribution is -0.147. The summed E-state index contributed by atoms with van der Waals surface area (Å²) < 4.78 is 5.24. The van der Waals surface area contributed by atoms with Gasteiger partial charge >= 0.3 is 5.97 Å². The highest BCUT2D eigenvalue weighted by Gasteiger charge is 2.16. The van der Waals surface area contributed by atoms with Crippen LogP contribution in [0.5, 0.6) is 0 Å². The largest absolute Gasteiger partial charge is 0.464 e. The van der Waals surface area contributed by atoms with E-state index in [4.69, 9.17) is 4.74 Å². The van der Waals surface area contributed by atoms with Crippen molar-refractivity contribution in [3.05, 3.63) is 35.9 Å². The van der Waals surface area contributed by atoms with Gasteiger partial charge in [0, 0.05) is 6.42 Å². The molecule has 0 spiro atoms. The van der Waals surface area contributed by atoms with Crippen molar-refractivity contribution >= 4 is 11.9 Å². The van der Waals surface area contributed by atoms with Crippen molar-refractivity contribution in [3.63, 3.8) is 0 Å². The van der Waals surface area contributed by atoms with Crippen molar-refractivity contribution < 1.29 is 14.3 Å². The van der Waals surface area contributed by atoms with Gasteiger partial charge in [0.1, 0.15) is 6.04 Å². The first-order valence-electron chi connectivity index (χ1n) is 9.63. The zero-order valence-electron chi connectivity index (χ0n) is 15.8. The van der Waals surface area contributed by atoms with Crippen LogP contribution in [0.15, 0.2) is 30.3 Å². The maximum Gasteiger partial charge on any atom is 0.328 e. The molecule has 1 rings (SSSR count). The normalized spacial score (nSPS) is 11.8. The minimum absolute atomic E-state index is 0.121. The molecule has 0 aliphatic heterocycles. The zero-order chi connectivity index (χ0) is 18.3. The van der Waals surface area contributed by atoms with Crippen LogP contribution in [0.1, 0.15) is 70.8 Å². The van der Waals surface area contributed by atoms with Crippen molar-refractivity contribution in [2.24, 2.45) is 0 Å². The number of nitrogens with one attached hydrogen (secondary N) is 1. The zero-order valence-corrected chi connectivity index (χ0v) is 15.8. The first-order valence-corrected chi connectivity index (χ1v) is 9.63. The van der Waals surface area contributed by atoms with Gasteiger partial charge in [-0.15, -0.1) is 0 Å². The van der Waals surface area contributed by atoms with Crippen LogP contribution < -0.4 is 5.32 Å². The van der Waals surface area contributed by atoms with E-state index >= 15 is 0 Å². The number of carbonyl (C=O) groups excluding carboxylic acids is 2. The van der Waals surface area contributed by atoms with Crippen molar-refractivity contribution in [3.8, 4) is 0 Å². The Morgan fingerprint density at radius 1 is 1.00 bits per heavy atom. The average Bonchev–Trinajstić information content (AvgIpc) is 2.62. The van der Waals surface area contributed by atoms with Crippen molar-refractivity contribution in [1.82, 2.24) is 5.32 Å². The van der Waals surface area contributed by atoms with E-state index in [-0.39, 0.29) is 11.9 Å². The highest BCUT2D eigenvalue weighted by molar-refractivity contribution is 5.84. The van der Waals surface area contributed by atoms with Gasteiger partial charge in [0.2, 0.25) is 5.91 Å². The third kappa shape index (κ3) is 10.6. The first-order chi connectivity index (χ1) is 12.1. The fraction of sp³-hybridized carbons (Fsp3) is 0.619. The summed E-state index contributed by atoms with van der Waals surface area (Å²) in [5, 5.41) is 2.71. The molecule has 0 bridgehead atoms. The minimum Gasteiger partial charge on any atom is -0.464 e. The van der Waals surface area contributed by atoms with Gasteiger partial charge in [0.25, 0.3) is 0 Å². The van der Waals surface area contributed by atoms with E-state index in [0.29, 0.717) is 19.4 Å². The van der Waals surface area contributed by atoms with Crippen LogP contribution in [0.2, 0.25) is 0 Å².